The molecule has 0 aliphatic rings. The van der Waals surface area contributed by atoms with Crippen LogP contribution in [0.5, 0.6) is 0 Å². The number of rotatable bonds is 4. The minimum absolute atomic E-state index is 0.0219. The van der Waals surface area contributed by atoms with Crippen LogP contribution >= 0.6 is 0 Å². The highest BCUT2D eigenvalue weighted by Gasteiger charge is 2.09. The Balaban J connectivity index is 2.31. The Morgan fingerprint density at radius 2 is 1.94 bits per heavy atom. The highest BCUT2D eigenvalue weighted by Crippen LogP contribution is 2.17. The number of hydrogen-bond acceptors (Lipinski definition) is 2. The fourth-order valence-corrected chi connectivity index (χ4v) is 1.85. The first kappa shape index (κ1) is 12.4. The van der Waals surface area contributed by atoms with Gasteiger partial charge in [-0.25, -0.2) is 4.68 Å². The van der Waals surface area contributed by atoms with E-state index < -0.39 is 5.97 Å². The van der Waals surface area contributed by atoms with Crippen LogP contribution in [0.25, 0.3) is 5.69 Å². The van der Waals surface area contributed by atoms with Gasteiger partial charge in [-0.2, -0.15) is 5.10 Å². The zero-order valence-corrected chi connectivity index (χ0v) is 10.5. The Labute approximate surface area is 106 Å². The molecule has 4 nitrogen and oxygen atoms in total. The average Bonchev–Trinajstić information content (AvgIpc) is 2.76. The van der Waals surface area contributed by atoms with E-state index in [-0.39, 0.29) is 6.42 Å². The zero-order valence-electron chi connectivity index (χ0n) is 10.5. The van der Waals surface area contributed by atoms with Gasteiger partial charge in [0.25, 0.3) is 0 Å². The number of carboxylic acids is 1. The van der Waals surface area contributed by atoms with Crippen molar-refractivity contribution in [3.8, 4) is 5.69 Å². The Morgan fingerprint density at radius 1 is 1.28 bits per heavy atom. The van der Waals surface area contributed by atoms with Gasteiger partial charge >= 0.3 is 5.97 Å². The number of benzene rings is 1. The Bertz CT molecular complexity index is 541. The quantitative estimate of drug-likeness (QED) is 0.899. The van der Waals surface area contributed by atoms with Crippen LogP contribution in [0.15, 0.2) is 36.5 Å². The molecule has 0 bridgehead atoms. The van der Waals surface area contributed by atoms with E-state index in [0.717, 1.165) is 5.69 Å². The van der Waals surface area contributed by atoms with Crippen LogP contribution in [-0.2, 0) is 11.2 Å². The van der Waals surface area contributed by atoms with E-state index in [1.54, 1.807) is 16.9 Å². The summed E-state index contributed by atoms with van der Waals surface area (Å²) in [5.41, 5.74) is 2.83. The Hall–Kier alpha value is -2.10. The number of aliphatic carboxylic acids is 1. The molecule has 0 aliphatic carbocycles. The summed E-state index contributed by atoms with van der Waals surface area (Å²) in [6.45, 7) is 4.28. The summed E-state index contributed by atoms with van der Waals surface area (Å²) in [7, 11) is 0. The van der Waals surface area contributed by atoms with E-state index in [0.29, 0.717) is 11.6 Å². The van der Waals surface area contributed by atoms with E-state index in [9.17, 15) is 4.79 Å². The molecule has 0 saturated heterocycles. The van der Waals surface area contributed by atoms with Crippen molar-refractivity contribution in [2.45, 2.75) is 26.2 Å². The lowest BCUT2D eigenvalue weighted by atomic mass is 10.0. The lowest BCUT2D eigenvalue weighted by Gasteiger charge is -2.09. The van der Waals surface area contributed by atoms with E-state index in [2.05, 4.69) is 18.9 Å². The first-order chi connectivity index (χ1) is 8.58. The van der Waals surface area contributed by atoms with Gasteiger partial charge in [0.2, 0.25) is 0 Å². The summed E-state index contributed by atoms with van der Waals surface area (Å²) in [6.07, 6.45) is 1.60. The maximum atomic E-state index is 10.8. The Morgan fingerprint density at radius 3 is 2.50 bits per heavy atom. The summed E-state index contributed by atoms with van der Waals surface area (Å²) in [5.74, 6) is -0.370. The van der Waals surface area contributed by atoms with E-state index in [1.165, 1.54) is 5.56 Å². The molecule has 2 aromatic rings. The maximum Gasteiger partial charge on any atom is 0.309 e. The highest BCUT2D eigenvalue weighted by atomic mass is 16.4. The molecule has 0 amide bonds. The third-order valence-corrected chi connectivity index (χ3v) is 2.86. The lowest BCUT2D eigenvalue weighted by Crippen LogP contribution is -2.07. The largest absolute Gasteiger partial charge is 0.481 e. The van der Waals surface area contributed by atoms with Crippen LogP contribution in [0, 0.1) is 0 Å². The fraction of sp³-hybridized carbons (Fsp3) is 0.286. The number of carboxylic acid groups (broad SMARTS) is 1. The molecule has 0 saturated carbocycles. The van der Waals surface area contributed by atoms with Crippen molar-refractivity contribution >= 4 is 5.97 Å². The topological polar surface area (TPSA) is 55.1 Å². The molecule has 1 aromatic heterocycles. The highest BCUT2D eigenvalue weighted by molar-refractivity contribution is 5.69. The predicted octanol–water partition coefficient (Wildman–Crippen LogP) is 2.62. The van der Waals surface area contributed by atoms with Crippen molar-refractivity contribution in [1.82, 2.24) is 9.78 Å². The number of aromatic nitrogens is 2. The molecule has 0 unspecified atom stereocenters. The predicted molar refractivity (Wildman–Crippen MR) is 69.0 cm³/mol. The lowest BCUT2D eigenvalue weighted by molar-refractivity contribution is -0.136. The molecule has 0 radical (unpaired) electrons. The molecule has 1 heterocycles. The van der Waals surface area contributed by atoms with Crippen LogP contribution in [0.4, 0.5) is 0 Å². The molecule has 1 aromatic carbocycles. The summed E-state index contributed by atoms with van der Waals surface area (Å²) in [4.78, 5) is 10.8. The van der Waals surface area contributed by atoms with Crippen molar-refractivity contribution in [2.24, 2.45) is 0 Å². The second-order valence-corrected chi connectivity index (χ2v) is 4.55. The smallest absolute Gasteiger partial charge is 0.309 e. The number of hydrogen-bond donors (Lipinski definition) is 1. The molecular formula is C14H16N2O2. The van der Waals surface area contributed by atoms with Gasteiger partial charge in [0.15, 0.2) is 0 Å². The standard InChI is InChI=1S/C14H16N2O2/c1-10(2)11-3-5-12(6-4-11)16-13(7-8-15-16)9-14(17)18/h3-8,10H,9H2,1-2H3,(H,17,18). The number of nitrogens with zero attached hydrogens (tertiary/aromatic N) is 2. The molecule has 0 atom stereocenters. The van der Waals surface area contributed by atoms with Crippen LogP contribution < -0.4 is 0 Å². The van der Waals surface area contributed by atoms with Crippen LogP contribution in [-0.4, -0.2) is 20.9 Å². The van der Waals surface area contributed by atoms with Gasteiger partial charge in [-0.1, -0.05) is 26.0 Å². The molecule has 94 valence electrons. The van der Waals surface area contributed by atoms with E-state index >= 15 is 0 Å². The van der Waals surface area contributed by atoms with Crippen molar-refractivity contribution < 1.29 is 9.90 Å². The van der Waals surface area contributed by atoms with Crippen molar-refractivity contribution in [2.75, 3.05) is 0 Å². The Kier molecular flexibility index (Phi) is 3.46. The molecule has 1 N–H and O–H groups in total. The van der Waals surface area contributed by atoms with Crippen LogP contribution in [0.3, 0.4) is 0 Å². The molecule has 2 rings (SSSR count). The first-order valence-corrected chi connectivity index (χ1v) is 5.93. The average molecular weight is 244 g/mol. The molecule has 18 heavy (non-hydrogen) atoms. The molecular weight excluding hydrogens is 228 g/mol. The van der Waals surface area contributed by atoms with Gasteiger partial charge in [0.1, 0.15) is 0 Å². The van der Waals surface area contributed by atoms with E-state index in [1.807, 2.05) is 24.3 Å². The van der Waals surface area contributed by atoms with Crippen molar-refractivity contribution in [1.29, 1.82) is 0 Å². The van der Waals surface area contributed by atoms with Gasteiger partial charge in [-0.05, 0) is 29.7 Å². The normalized spacial score (nSPS) is 10.8. The summed E-state index contributed by atoms with van der Waals surface area (Å²) in [6, 6.07) is 9.75. The first-order valence-electron chi connectivity index (χ1n) is 5.93. The summed E-state index contributed by atoms with van der Waals surface area (Å²) in [5, 5.41) is 13.0. The molecule has 4 heteroatoms. The number of carbonyl (C=O) groups is 1. The zero-order chi connectivity index (χ0) is 13.1. The van der Waals surface area contributed by atoms with Gasteiger partial charge in [-0.15, -0.1) is 0 Å². The van der Waals surface area contributed by atoms with Crippen molar-refractivity contribution in [3.05, 3.63) is 47.8 Å². The van der Waals surface area contributed by atoms with Gasteiger partial charge in [0, 0.05) is 6.20 Å². The minimum atomic E-state index is -0.851. The van der Waals surface area contributed by atoms with Crippen LogP contribution in [0.2, 0.25) is 0 Å². The van der Waals surface area contributed by atoms with E-state index in [4.69, 9.17) is 5.11 Å². The van der Waals surface area contributed by atoms with Crippen LogP contribution in [0.1, 0.15) is 31.0 Å². The minimum Gasteiger partial charge on any atom is -0.481 e. The SMILES string of the molecule is CC(C)c1ccc(-n2nccc2CC(=O)O)cc1. The third-order valence-electron chi connectivity index (χ3n) is 2.86. The molecule has 0 fully saturated rings. The van der Waals surface area contributed by atoms with Crippen molar-refractivity contribution in [3.63, 3.8) is 0 Å². The summed E-state index contributed by atoms with van der Waals surface area (Å²) < 4.78 is 1.66. The third kappa shape index (κ3) is 2.59. The molecule has 0 aliphatic heterocycles. The molecule has 0 spiro atoms. The summed E-state index contributed by atoms with van der Waals surface area (Å²) >= 11 is 0. The van der Waals surface area contributed by atoms with Gasteiger partial charge < -0.3 is 5.11 Å². The maximum absolute atomic E-state index is 10.8. The second-order valence-electron chi connectivity index (χ2n) is 4.55. The van der Waals surface area contributed by atoms with Gasteiger partial charge in [0.05, 0.1) is 17.8 Å². The second kappa shape index (κ2) is 5.04. The monoisotopic (exact) mass is 244 g/mol. The van der Waals surface area contributed by atoms with Gasteiger partial charge in [-0.3, -0.25) is 4.79 Å². The fourth-order valence-electron chi connectivity index (χ4n) is 1.85.